The molecule has 1 saturated carbocycles. The third-order valence-corrected chi connectivity index (χ3v) is 4.91. The molecule has 2 N–H and O–H groups in total. The van der Waals surface area contributed by atoms with Gasteiger partial charge in [-0.15, -0.1) is 0 Å². The summed E-state index contributed by atoms with van der Waals surface area (Å²) in [4.78, 5) is 4.25. The van der Waals surface area contributed by atoms with Gasteiger partial charge in [0.05, 0.1) is 12.9 Å². The van der Waals surface area contributed by atoms with E-state index in [0.717, 1.165) is 43.4 Å². The molecule has 3 rings (SSSR count). The molecular weight excluding hydrogens is 306 g/mol. The molecule has 6 heteroatoms. The topological polar surface area (TPSA) is 68.0 Å². The molecule has 2 aliphatic rings. The fourth-order valence-corrected chi connectivity index (χ4v) is 3.37. The fourth-order valence-electron chi connectivity index (χ4n) is 3.37. The minimum Gasteiger partial charge on any atom is -0.469 e. The van der Waals surface area contributed by atoms with Gasteiger partial charge in [0, 0.05) is 39.4 Å². The van der Waals surface area contributed by atoms with E-state index in [1.54, 1.807) is 13.3 Å². The maximum atomic E-state index is 6.21. The summed E-state index contributed by atoms with van der Waals surface area (Å²) >= 11 is 0. The van der Waals surface area contributed by atoms with Crippen LogP contribution in [0.15, 0.2) is 27.8 Å². The highest BCUT2D eigenvalue weighted by Crippen LogP contribution is 2.39. The fraction of sp³-hybridized carbons (Fsp3) is 0.722. The average Bonchev–Trinajstić information content (AvgIpc) is 3.24. The maximum absolute atomic E-state index is 6.21. The van der Waals surface area contributed by atoms with Crippen LogP contribution in [0.3, 0.4) is 0 Å². The van der Waals surface area contributed by atoms with E-state index in [9.17, 15) is 0 Å². The number of furan rings is 1. The number of hydrogen-bond acceptors (Lipinski definition) is 4. The van der Waals surface area contributed by atoms with Crippen LogP contribution in [-0.4, -0.2) is 44.6 Å². The lowest BCUT2D eigenvalue weighted by molar-refractivity contribution is -0.191. The SMILES string of the molecule is CN=C(NCCc1ccco1)NCC1COC2(CCC(C)CC2)O1. The lowest BCUT2D eigenvalue weighted by atomic mass is 9.86. The zero-order chi connectivity index (χ0) is 16.8. The zero-order valence-corrected chi connectivity index (χ0v) is 14.7. The standard InChI is InChI=1S/C18H29N3O3/c1-14-5-8-18(9-6-14)23-13-16(24-18)12-21-17(19-2)20-10-7-15-4-3-11-22-15/h3-4,11,14,16H,5-10,12-13H2,1-2H3,(H2,19,20,21). The molecule has 134 valence electrons. The van der Waals surface area contributed by atoms with Crippen molar-refractivity contribution in [2.24, 2.45) is 10.9 Å². The molecule has 6 nitrogen and oxygen atoms in total. The van der Waals surface area contributed by atoms with E-state index in [1.807, 2.05) is 12.1 Å². The lowest BCUT2D eigenvalue weighted by Gasteiger charge is -2.34. The van der Waals surface area contributed by atoms with Crippen molar-refractivity contribution in [2.75, 3.05) is 26.7 Å². The Labute approximate surface area is 144 Å². The van der Waals surface area contributed by atoms with Crippen molar-refractivity contribution in [3.8, 4) is 0 Å². The van der Waals surface area contributed by atoms with Crippen LogP contribution in [0.5, 0.6) is 0 Å². The molecule has 1 unspecified atom stereocenters. The van der Waals surface area contributed by atoms with Gasteiger partial charge >= 0.3 is 0 Å². The Bertz CT molecular complexity index is 522. The van der Waals surface area contributed by atoms with Crippen molar-refractivity contribution < 1.29 is 13.9 Å². The summed E-state index contributed by atoms with van der Waals surface area (Å²) in [5.74, 6) is 2.22. The Morgan fingerprint density at radius 1 is 1.33 bits per heavy atom. The smallest absolute Gasteiger partial charge is 0.191 e. The maximum Gasteiger partial charge on any atom is 0.191 e. The van der Waals surface area contributed by atoms with Crippen molar-refractivity contribution in [1.29, 1.82) is 0 Å². The summed E-state index contributed by atoms with van der Waals surface area (Å²) < 4.78 is 17.5. The van der Waals surface area contributed by atoms with Gasteiger partial charge in [-0.2, -0.15) is 0 Å². The predicted octanol–water partition coefficient (Wildman–Crippen LogP) is 2.31. The van der Waals surface area contributed by atoms with Crippen molar-refractivity contribution in [1.82, 2.24) is 10.6 Å². The van der Waals surface area contributed by atoms with Crippen LogP contribution in [0, 0.1) is 5.92 Å². The first-order valence-corrected chi connectivity index (χ1v) is 8.98. The van der Waals surface area contributed by atoms with Crippen LogP contribution in [0.4, 0.5) is 0 Å². The Morgan fingerprint density at radius 2 is 2.17 bits per heavy atom. The average molecular weight is 335 g/mol. The Morgan fingerprint density at radius 3 is 2.88 bits per heavy atom. The van der Waals surface area contributed by atoms with Gasteiger partial charge in [0.15, 0.2) is 11.7 Å². The third kappa shape index (κ3) is 4.51. The lowest BCUT2D eigenvalue weighted by Crippen LogP contribution is -2.43. The van der Waals surface area contributed by atoms with E-state index in [0.29, 0.717) is 13.2 Å². The Kier molecular flexibility index (Phi) is 5.79. The minimum atomic E-state index is -0.324. The summed E-state index contributed by atoms with van der Waals surface area (Å²) in [5.41, 5.74) is 0. The molecule has 2 fully saturated rings. The number of aliphatic imine (C=N–C) groups is 1. The molecule has 24 heavy (non-hydrogen) atoms. The summed E-state index contributed by atoms with van der Waals surface area (Å²) in [7, 11) is 1.78. The largest absolute Gasteiger partial charge is 0.469 e. The van der Waals surface area contributed by atoms with Crippen molar-refractivity contribution in [3.05, 3.63) is 24.2 Å². The van der Waals surface area contributed by atoms with Crippen LogP contribution in [0.1, 0.15) is 38.4 Å². The Balaban J connectivity index is 1.37. The number of ether oxygens (including phenoxy) is 2. The van der Waals surface area contributed by atoms with E-state index in [1.165, 1.54) is 12.8 Å². The molecule has 2 heterocycles. The summed E-state index contributed by atoms with van der Waals surface area (Å²) in [6.45, 7) is 4.44. The molecule has 1 saturated heterocycles. The second kappa shape index (κ2) is 8.03. The van der Waals surface area contributed by atoms with Gasteiger partial charge in [-0.1, -0.05) is 6.92 Å². The van der Waals surface area contributed by atoms with Crippen molar-refractivity contribution >= 4 is 5.96 Å². The van der Waals surface area contributed by atoms with Crippen LogP contribution in [0.25, 0.3) is 0 Å². The molecule has 0 bridgehead atoms. The number of hydrogen-bond donors (Lipinski definition) is 2. The summed E-state index contributed by atoms with van der Waals surface area (Å²) in [6.07, 6.45) is 7.02. The van der Waals surface area contributed by atoms with Crippen LogP contribution in [0.2, 0.25) is 0 Å². The normalized spacial score (nSPS) is 30.7. The van der Waals surface area contributed by atoms with Gasteiger partial charge in [-0.05, 0) is 30.9 Å². The molecular formula is C18H29N3O3. The number of nitrogens with one attached hydrogen (secondary N) is 2. The van der Waals surface area contributed by atoms with E-state index in [2.05, 4.69) is 22.5 Å². The summed E-state index contributed by atoms with van der Waals surface area (Å²) in [6, 6.07) is 3.88. The molecule has 1 aliphatic carbocycles. The van der Waals surface area contributed by atoms with Crippen molar-refractivity contribution in [3.63, 3.8) is 0 Å². The highest BCUT2D eigenvalue weighted by atomic mass is 16.7. The molecule has 1 aliphatic heterocycles. The first kappa shape index (κ1) is 17.3. The van der Waals surface area contributed by atoms with Gasteiger partial charge in [-0.25, -0.2) is 0 Å². The highest BCUT2D eigenvalue weighted by Gasteiger charge is 2.43. The van der Waals surface area contributed by atoms with Crippen LogP contribution in [-0.2, 0) is 15.9 Å². The monoisotopic (exact) mass is 335 g/mol. The van der Waals surface area contributed by atoms with Gasteiger partial charge in [-0.3, -0.25) is 4.99 Å². The van der Waals surface area contributed by atoms with E-state index >= 15 is 0 Å². The first-order chi connectivity index (χ1) is 11.7. The number of rotatable bonds is 5. The Hall–Kier alpha value is -1.53. The molecule has 0 radical (unpaired) electrons. The first-order valence-electron chi connectivity index (χ1n) is 8.98. The summed E-state index contributed by atoms with van der Waals surface area (Å²) in [5, 5.41) is 6.62. The van der Waals surface area contributed by atoms with Crippen molar-refractivity contribution in [2.45, 2.75) is 50.9 Å². The van der Waals surface area contributed by atoms with Crippen LogP contribution >= 0.6 is 0 Å². The quantitative estimate of drug-likeness (QED) is 0.638. The molecule has 1 aromatic rings. The second-order valence-electron chi connectivity index (χ2n) is 6.85. The van der Waals surface area contributed by atoms with E-state index in [-0.39, 0.29) is 11.9 Å². The second-order valence-corrected chi connectivity index (χ2v) is 6.85. The highest BCUT2D eigenvalue weighted by molar-refractivity contribution is 5.79. The minimum absolute atomic E-state index is 0.0852. The van der Waals surface area contributed by atoms with E-state index < -0.39 is 0 Å². The number of guanidine groups is 1. The predicted molar refractivity (Wildman–Crippen MR) is 93.0 cm³/mol. The molecule has 0 aromatic carbocycles. The zero-order valence-electron chi connectivity index (χ0n) is 14.7. The van der Waals surface area contributed by atoms with Gasteiger partial charge in [0.25, 0.3) is 0 Å². The van der Waals surface area contributed by atoms with Gasteiger partial charge < -0.3 is 24.5 Å². The van der Waals surface area contributed by atoms with Crippen LogP contribution < -0.4 is 10.6 Å². The molecule has 1 atom stereocenters. The number of nitrogens with zero attached hydrogens (tertiary/aromatic N) is 1. The van der Waals surface area contributed by atoms with Gasteiger partial charge in [0.2, 0.25) is 0 Å². The molecule has 1 spiro atoms. The third-order valence-electron chi connectivity index (χ3n) is 4.91. The molecule has 0 amide bonds. The van der Waals surface area contributed by atoms with Gasteiger partial charge in [0.1, 0.15) is 11.9 Å². The molecule has 1 aromatic heterocycles. The van der Waals surface area contributed by atoms with E-state index in [4.69, 9.17) is 13.9 Å².